The standard InChI is InChI=1S/C20H27FN6/c1-14(20(21)6-8-26(2)9-7-20)25-19-11-17-10-15(18(12-22)27(3)23)4-5-16(17)13-24-19/h4-5,10-13H,1,6-9,22-23H2,2-3H3,(H,24,25)/b18-12-. The fraction of sp³-hybridized carbons (Fsp3) is 0.350. The number of allylic oxidation sites excluding steroid dienone is 1. The Labute approximate surface area is 159 Å². The van der Waals surface area contributed by atoms with Gasteiger partial charge in [-0.05, 0) is 37.4 Å². The molecule has 2 heterocycles. The average Bonchev–Trinajstić information content (AvgIpc) is 2.64. The second-order valence-electron chi connectivity index (χ2n) is 7.17. The minimum atomic E-state index is -1.41. The first-order valence-electron chi connectivity index (χ1n) is 8.97. The van der Waals surface area contributed by atoms with Gasteiger partial charge >= 0.3 is 0 Å². The molecule has 144 valence electrons. The predicted octanol–water partition coefficient (Wildman–Crippen LogP) is 2.66. The Kier molecular flexibility index (Phi) is 5.34. The van der Waals surface area contributed by atoms with E-state index >= 15 is 4.39 Å². The molecule has 0 unspecified atom stereocenters. The number of nitrogens with two attached hydrogens (primary N) is 2. The van der Waals surface area contributed by atoms with Crippen LogP contribution >= 0.6 is 0 Å². The molecule has 0 amide bonds. The minimum absolute atomic E-state index is 0.364. The Morgan fingerprint density at radius 2 is 2.04 bits per heavy atom. The van der Waals surface area contributed by atoms with Crippen LogP contribution in [0, 0.1) is 0 Å². The number of hydrogen-bond acceptors (Lipinski definition) is 6. The van der Waals surface area contributed by atoms with E-state index in [0.29, 0.717) is 43.1 Å². The number of anilines is 1. The summed E-state index contributed by atoms with van der Waals surface area (Å²) in [5, 5.41) is 6.47. The molecule has 1 aromatic carbocycles. The molecular weight excluding hydrogens is 343 g/mol. The lowest BCUT2D eigenvalue weighted by atomic mass is 9.90. The summed E-state index contributed by atoms with van der Waals surface area (Å²) in [7, 11) is 3.73. The minimum Gasteiger partial charge on any atom is -0.403 e. The molecule has 0 aliphatic carbocycles. The zero-order valence-electron chi connectivity index (χ0n) is 15.9. The number of fused-ring (bicyclic) bond motifs is 1. The number of nitrogens with zero attached hydrogens (tertiary/aromatic N) is 3. The number of alkyl halides is 1. The van der Waals surface area contributed by atoms with Crippen LogP contribution in [0.3, 0.4) is 0 Å². The van der Waals surface area contributed by atoms with E-state index in [9.17, 15) is 0 Å². The fourth-order valence-electron chi connectivity index (χ4n) is 3.33. The van der Waals surface area contributed by atoms with Gasteiger partial charge in [0, 0.05) is 49.2 Å². The first-order valence-corrected chi connectivity index (χ1v) is 8.97. The van der Waals surface area contributed by atoms with Crippen LogP contribution in [0.4, 0.5) is 10.2 Å². The van der Waals surface area contributed by atoms with Crippen LogP contribution in [-0.2, 0) is 0 Å². The van der Waals surface area contributed by atoms with Crippen molar-refractivity contribution in [1.82, 2.24) is 14.9 Å². The van der Waals surface area contributed by atoms with Gasteiger partial charge in [0.2, 0.25) is 0 Å². The van der Waals surface area contributed by atoms with Gasteiger partial charge in [0.25, 0.3) is 0 Å². The topological polar surface area (TPSA) is 83.4 Å². The summed E-state index contributed by atoms with van der Waals surface area (Å²) in [4.78, 5) is 6.52. The lowest BCUT2D eigenvalue weighted by Gasteiger charge is -2.35. The van der Waals surface area contributed by atoms with Crippen molar-refractivity contribution in [1.29, 1.82) is 0 Å². The van der Waals surface area contributed by atoms with E-state index in [1.807, 2.05) is 31.3 Å². The number of pyridine rings is 1. The van der Waals surface area contributed by atoms with Crippen LogP contribution in [0.2, 0.25) is 0 Å². The Bertz CT molecular complexity index is 868. The molecule has 1 aliphatic rings. The lowest BCUT2D eigenvalue weighted by molar-refractivity contribution is 0.103. The summed E-state index contributed by atoms with van der Waals surface area (Å²) in [5.41, 5.74) is 6.24. The average molecular weight is 370 g/mol. The molecule has 3 rings (SSSR count). The van der Waals surface area contributed by atoms with E-state index in [4.69, 9.17) is 11.6 Å². The summed E-state index contributed by atoms with van der Waals surface area (Å²) >= 11 is 0. The van der Waals surface area contributed by atoms with E-state index < -0.39 is 5.67 Å². The third-order valence-corrected chi connectivity index (χ3v) is 5.15. The van der Waals surface area contributed by atoms with E-state index in [1.165, 1.54) is 11.2 Å². The number of piperidine rings is 1. The van der Waals surface area contributed by atoms with Crippen molar-refractivity contribution in [2.45, 2.75) is 18.5 Å². The Balaban J connectivity index is 1.84. The number of aromatic nitrogens is 1. The number of hydrazine groups is 1. The van der Waals surface area contributed by atoms with Crippen molar-refractivity contribution < 1.29 is 4.39 Å². The van der Waals surface area contributed by atoms with Gasteiger partial charge in [-0.25, -0.2) is 15.2 Å². The van der Waals surface area contributed by atoms with Crippen LogP contribution in [0.1, 0.15) is 18.4 Å². The van der Waals surface area contributed by atoms with Crippen molar-refractivity contribution >= 4 is 22.3 Å². The molecule has 0 spiro atoms. The van der Waals surface area contributed by atoms with Crippen LogP contribution in [-0.4, -0.2) is 47.7 Å². The van der Waals surface area contributed by atoms with E-state index in [1.54, 1.807) is 13.2 Å². The molecule has 0 radical (unpaired) electrons. The van der Waals surface area contributed by atoms with Gasteiger partial charge in [-0.2, -0.15) is 0 Å². The molecule has 0 atom stereocenters. The highest BCUT2D eigenvalue weighted by Crippen LogP contribution is 2.33. The number of halogens is 1. The van der Waals surface area contributed by atoms with Gasteiger partial charge in [-0.1, -0.05) is 18.7 Å². The Morgan fingerprint density at radius 1 is 1.33 bits per heavy atom. The summed E-state index contributed by atoms with van der Waals surface area (Å²) in [5.74, 6) is 6.40. The second kappa shape index (κ2) is 7.54. The fourth-order valence-corrected chi connectivity index (χ4v) is 3.33. The predicted molar refractivity (Wildman–Crippen MR) is 109 cm³/mol. The summed E-state index contributed by atoms with van der Waals surface area (Å²) in [6.45, 7) is 5.37. The van der Waals surface area contributed by atoms with Crippen LogP contribution in [0.5, 0.6) is 0 Å². The first kappa shape index (κ1) is 19.1. The third kappa shape index (κ3) is 4.04. The lowest BCUT2D eigenvalue weighted by Crippen LogP contribution is -2.42. The van der Waals surface area contributed by atoms with Crippen molar-refractivity contribution in [3.8, 4) is 0 Å². The normalized spacial score (nSPS) is 17.7. The Morgan fingerprint density at radius 3 is 2.67 bits per heavy atom. The van der Waals surface area contributed by atoms with Gasteiger partial charge in [0.1, 0.15) is 5.82 Å². The molecule has 6 nitrogen and oxygen atoms in total. The summed E-state index contributed by atoms with van der Waals surface area (Å²) in [6, 6.07) is 7.75. The number of rotatable bonds is 5. The molecule has 7 heteroatoms. The maximum absolute atomic E-state index is 15.2. The number of hydrogen-bond donors (Lipinski definition) is 3. The molecular formula is C20H27FN6. The van der Waals surface area contributed by atoms with E-state index in [2.05, 4.69) is 21.8 Å². The molecule has 1 fully saturated rings. The molecule has 1 aliphatic heterocycles. The molecule has 1 aromatic heterocycles. The van der Waals surface area contributed by atoms with Gasteiger partial charge in [-0.3, -0.25) is 0 Å². The molecule has 27 heavy (non-hydrogen) atoms. The van der Waals surface area contributed by atoms with Crippen LogP contribution < -0.4 is 16.9 Å². The maximum Gasteiger partial charge on any atom is 0.152 e. The van der Waals surface area contributed by atoms with Gasteiger partial charge in [0.05, 0.1) is 5.70 Å². The monoisotopic (exact) mass is 370 g/mol. The highest BCUT2D eigenvalue weighted by molar-refractivity contribution is 5.87. The zero-order chi connectivity index (χ0) is 19.6. The summed E-state index contributed by atoms with van der Waals surface area (Å²) < 4.78 is 15.2. The molecule has 0 bridgehead atoms. The summed E-state index contributed by atoms with van der Waals surface area (Å²) in [6.07, 6.45) is 4.09. The highest BCUT2D eigenvalue weighted by Gasteiger charge is 2.36. The quantitative estimate of drug-likeness (QED) is 0.554. The number of likely N-dealkylation sites (tertiary alicyclic amines) is 1. The SMILES string of the molecule is C=C(Nc1cc2cc(/C(=C/N)N(C)N)ccc2cn1)C1(F)CCN(C)CC1. The van der Waals surface area contributed by atoms with Crippen molar-refractivity contribution in [3.63, 3.8) is 0 Å². The highest BCUT2D eigenvalue weighted by atomic mass is 19.1. The third-order valence-electron chi connectivity index (χ3n) is 5.15. The maximum atomic E-state index is 15.2. The number of benzene rings is 1. The van der Waals surface area contributed by atoms with Crippen molar-refractivity contribution in [3.05, 3.63) is 54.5 Å². The molecule has 5 N–H and O–H groups in total. The van der Waals surface area contributed by atoms with Crippen molar-refractivity contribution in [2.75, 3.05) is 32.5 Å². The first-order chi connectivity index (χ1) is 12.8. The largest absolute Gasteiger partial charge is 0.403 e. The second-order valence-corrected chi connectivity index (χ2v) is 7.17. The van der Waals surface area contributed by atoms with E-state index in [-0.39, 0.29) is 0 Å². The molecule has 1 saturated heterocycles. The Hall–Kier alpha value is -2.64. The number of nitrogens with one attached hydrogen (secondary N) is 1. The van der Waals surface area contributed by atoms with Crippen LogP contribution in [0.15, 0.2) is 48.9 Å². The van der Waals surface area contributed by atoms with Crippen molar-refractivity contribution in [2.24, 2.45) is 11.6 Å². The smallest absolute Gasteiger partial charge is 0.152 e. The van der Waals surface area contributed by atoms with E-state index in [0.717, 1.165) is 16.3 Å². The molecule has 2 aromatic rings. The van der Waals surface area contributed by atoms with Gasteiger partial charge < -0.3 is 21.0 Å². The zero-order valence-corrected chi connectivity index (χ0v) is 15.9. The van der Waals surface area contributed by atoms with Crippen LogP contribution in [0.25, 0.3) is 16.5 Å². The van der Waals surface area contributed by atoms with Gasteiger partial charge in [-0.15, -0.1) is 0 Å². The molecule has 0 saturated carbocycles. The van der Waals surface area contributed by atoms with Gasteiger partial charge in [0.15, 0.2) is 5.67 Å².